The Balaban J connectivity index is 3.13. The van der Waals surface area contributed by atoms with Crippen LogP contribution in [0.4, 0.5) is 8.78 Å². The standard InChI is InChI=1S/C13H18F2N2O3S/c1-4-13(2,3)7-17-12(18)9-5-8(21(16,19)20)6-10(14)11(9)15/h5-6H,4,7H2,1-3H3,(H,17,18)(H2,16,19,20). The number of benzene rings is 1. The number of primary sulfonamides is 1. The van der Waals surface area contributed by atoms with Crippen molar-refractivity contribution in [2.24, 2.45) is 10.6 Å². The summed E-state index contributed by atoms with van der Waals surface area (Å²) >= 11 is 0. The van der Waals surface area contributed by atoms with Crippen molar-refractivity contribution in [2.45, 2.75) is 32.1 Å². The first-order valence-electron chi connectivity index (χ1n) is 6.28. The molecular formula is C13H18F2N2O3S. The van der Waals surface area contributed by atoms with E-state index < -0.39 is 38.0 Å². The van der Waals surface area contributed by atoms with E-state index in [-0.39, 0.29) is 12.0 Å². The summed E-state index contributed by atoms with van der Waals surface area (Å²) in [4.78, 5) is 11.3. The fraction of sp³-hybridized carbons (Fsp3) is 0.462. The molecule has 0 radical (unpaired) electrons. The minimum atomic E-state index is -4.23. The van der Waals surface area contributed by atoms with Crippen molar-refractivity contribution in [3.63, 3.8) is 0 Å². The number of carbonyl (C=O) groups is 1. The van der Waals surface area contributed by atoms with Crippen molar-refractivity contribution < 1.29 is 22.0 Å². The van der Waals surface area contributed by atoms with Gasteiger partial charge in [-0.2, -0.15) is 0 Å². The molecule has 21 heavy (non-hydrogen) atoms. The lowest BCUT2D eigenvalue weighted by molar-refractivity contribution is 0.0930. The van der Waals surface area contributed by atoms with Gasteiger partial charge in [0.05, 0.1) is 10.5 Å². The molecule has 5 nitrogen and oxygen atoms in total. The van der Waals surface area contributed by atoms with Gasteiger partial charge in [0.15, 0.2) is 11.6 Å². The molecule has 0 atom stereocenters. The Kier molecular flexibility index (Phi) is 5.06. The van der Waals surface area contributed by atoms with Gasteiger partial charge in [0, 0.05) is 6.54 Å². The third-order valence-corrected chi connectivity index (χ3v) is 4.15. The lowest BCUT2D eigenvalue weighted by atomic mass is 9.90. The predicted octanol–water partition coefficient (Wildman–Crippen LogP) is 1.78. The molecule has 118 valence electrons. The van der Waals surface area contributed by atoms with Crippen LogP contribution in [0.1, 0.15) is 37.6 Å². The third-order valence-electron chi connectivity index (χ3n) is 3.26. The molecule has 1 aromatic rings. The summed E-state index contributed by atoms with van der Waals surface area (Å²) in [5.74, 6) is -3.74. The maximum absolute atomic E-state index is 13.7. The van der Waals surface area contributed by atoms with E-state index in [1.54, 1.807) is 0 Å². The van der Waals surface area contributed by atoms with Gasteiger partial charge in [-0.05, 0) is 24.0 Å². The molecule has 1 rings (SSSR count). The van der Waals surface area contributed by atoms with Gasteiger partial charge in [0.2, 0.25) is 10.0 Å². The van der Waals surface area contributed by atoms with E-state index in [1.165, 1.54) is 0 Å². The minimum Gasteiger partial charge on any atom is -0.351 e. The van der Waals surface area contributed by atoms with Crippen LogP contribution in [-0.4, -0.2) is 20.9 Å². The van der Waals surface area contributed by atoms with E-state index in [2.05, 4.69) is 5.32 Å². The summed E-state index contributed by atoms with van der Waals surface area (Å²) in [6.07, 6.45) is 0.765. The first-order chi connectivity index (χ1) is 9.48. The molecule has 0 aliphatic carbocycles. The fourth-order valence-electron chi connectivity index (χ4n) is 1.43. The predicted molar refractivity (Wildman–Crippen MR) is 74.1 cm³/mol. The van der Waals surface area contributed by atoms with Crippen LogP contribution in [0.15, 0.2) is 17.0 Å². The number of sulfonamides is 1. The first-order valence-corrected chi connectivity index (χ1v) is 7.82. The van der Waals surface area contributed by atoms with Crippen LogP contribution < -0.4 is 10.5 Å². The molecule has 0 unspecified atom stereocenters. The Morgan fingerprint density at radius 2 is 1.90 bits per heavy atom. The van der Waals surface area contributed by atoms with Gasteiger partial charge in [-0.25, -0.2) is 22.3 Å². The second-order valence-electron chi connectivity index (χ2n) is 5.51. The molecule has 0 aromatic heterocycles. The molecular weight excluding hydrogens is 302 g/mol. The SMILES string of the molecule is CCC(C)(C)CNC(=O)c1cc(S(N)(=O)=O)cc(F)c1F. The lowest BCUT2D eigenvalue weighted by Gasteiger charge is -2.22. The van der Waals surface area contributed by atoms with Crippen molar-refractivity contribution in [3.05, 3.63) is 29.3 Å². The molecule has 0 fully saturated rings. The zero-order valence-electron chi connectivity index (χ0n) is 12.0. The average Bonchev–Trinajstić information content (AvgIpc) is 2.38. The Morgan fingerprint density at radius 3 is 2.38 bits per heavy atom. The smallest absolute Gasteiger partial charge is 0.254 e. The number of hydrogen-bond acceptors (Lipinski definition) is 3. The highest BCUT2D eigenvalue weighted by atomic mass is 32.2. The van der Waals surface area contributed by atoms with E-state index in [9.17, 15) is 22.0 Å². The molecule has 8 heteroatoms. The lowest BCUT2D eigenvalue weighted by Crippen LogP contribution is -2.34. The number of carbonyl (C=O) groups excluding carboxylic acids is 1. The molecule has 0 aliphatic heterocycles. The van der Waals surface area contributed by atoms with Crippen LogP contribution in [0.3, 0.4) is 0 Å². The molecule has 0 heterocycles. The van der Waals surface area contributed by atoms with E-state index in [1.807, 2.05) is 20.8 Å². The molecule has 0 saturated heterocycles. The molecule has 0 aliphatic rings. The van der Waals surface area contributed by atoms with Crippen molar-refractivity contribution >= 4 is 15.9 Å². The van der Waals surface area contributed by atoms with E-state index in [0.717, 1.165) is 12.5 Å². The Labute approximate surface area is 122 Å². The van der Waals surface area contributed by atoms with Gasteiger partial charge in [-0.1, -0.05) is 20.8 Å². The quantitative estimate of drug-likeness (QED) is 0.866. The summed E-state index contributed by atoms with van der Waals surface area (Å²) in [6, 6.07) is 1.17. The van der Waals surface area contributed by atoms with Gasteiger partial charge in [-0.3, -0.25) is 4.79 Å². The molecule has 1 amide bonds. The Hall–Kier alpha value is -1.54. The van der Waals surface area contributed by atoms with Crippen LogP contribution in [0.5, 0.6) is 0 Å². The van der Waals surface area contributed by atoms with Crippen LogP contribution in [0.2, 0.25) is 0 Å². The highest BCUT2D eigenvalue weighted by molar-refractivity contribution is 7.89. The van der Waals surface area contributed by atoms with Gasteiger partial charge < -0.3 is 5.32 Å². The third kappa shape index (κ3) is 4.47. The number of rotatable bonds is 5. The van der Waals surface area contributed by atoms with Crippen molar-refractivity contribution in [1.82, 2.24) is 5.32 Å². The second kappa shape index (κ2) is 6.07. The Morgan fingerprint density at radius 1 is 1.33 bits per heavy atom. The van der Waals surface area contributed by atoms with E-state index in [0.29, 0.717) is 6.07 Å². The first kappa shape index (κ1) is 17.5. The maximum Gasteiger partial charge on any atom is 0.254 e. The van der Waals surface area contributed by atoms with Crippen molar-refractivity contribution in [3.8, 4) is 0 Å². The summed E-state index contributed by atoms with van der Waals surface area (Å²) < 4.78 is 49.4. The van der Waals surface area contributed by atoms with Crippen molar-refractivity contribution in [2.75, 3.05) is 6.54 Å². The molecule has 0 spiro atoms. The average molecular weight is 320 g/mol. The van der Waals surface area contributed by atoms with Gasteiger partial charge in [0.1, 0.15) is 0 Å². The summed E-state index contributed by atoms with van der Waals surface area (Å²) in [7, 11) is -4.23. The van der Waals surface area contributed by atoms with Gasteiger partial charge in [-0.15, -0.1) is 0 Å². The normalized spacial score (nSPS) is 12.3. The largest absolute Gasteiger partial charge is 0.351 e. The fourth-order valence-corrected chi connectivity index (χ4v) is 1.98. The van der Waals surface area contributed by atoms with Crippen LogP contribution in [-0.2, 0) is 10.0 Å². The highest BCUT2D eigenvalue weighted by Crippen LogP contribution is 2.20. The van der Waals surface area contributed by atoms with E-state index >= 15 is 0 Å². The Bertz CT molecular complexity index is 658. The molecule has 1 aromatic carbocycles. The second-order valence-corrected chi connectivity index (χ2v) is 7.07. The number of nitrogens with two attached hydrogens (primary N) is 1. The zero-order valence-corrected chi connectivity index (χ0v) is 12.9. The molecule has 0 bridgehead atoms. The summed E-state index contributed by atoms with van der Waals surface area (Å²) in [6.45, 7) is 5.95. The number of hydrogen-bond donors (Lipinski definition) is 2. The van der Waals surface area contributed by atoms with Crippen LogP contribution in [0.25, 0.3) is 0 Å². The monoisotopic (exact) mass is 320 g/mol. The van der Waals surface area contributed by atoms with Crippen molar-refractivity contribution in [1.29, 1.82) is 0 Å². The topological polar surface area (TPSA) is 89.3 Å². The van der Waals surface area contributed by atoms with Gasteiger partial charge in [0.25, 0.3) is 5.91 Å². The number of amides is 1. The van der Waals surface area contributed by atoms with Crippen LogP contribution >= 0.6 is 0 Å². The summed E-state index contributed by atoms with van der Waals surface area (Å²) in [5.41, 5.74) is -0.909. The minimum absolute atomic E-state index is 0.220. The maximum atomic E-state index is 13.7. The number of nitrogens with one attached hydrogen (secondary N) is 1. The van der Waals surface area contributed by atoms with E-state index in [4.69, 9.17) is 5.14 Å². The van der Waals surface area contributed by atoms with Gasteiger partial charge >= 0.3 is 0 Å². The zero-order chi connectivity index (χ0) is 16.4. The number of halogens is 2. The molecule has 0 saturated carbocycles. The summed E-state index contributed by atoms with van der Waals surface area (Å²) in [5, 5.41) is 7.32. The van der Waals surface area contributed by atoms with Crippen LogP contribution in [0, 0.1) is 17.0 Å². The highest BCUT2D eigenvalue weighted by Gasteiger charge is 2.23. The molecule has 3 N–H and O–H groups in total.